The van der Waals surface area contributed by atoms with Crippen molar-refractivity contribution < 1.29 is 4.42 Å². The van der Waals surface area contributed by atoms with E-state index in [1.807, 2.05) is 0 Å². The maximum Gasteiger partial charge on any atom is 0.139 e. The second kappa shape index (κ2) is 12.8. The van der Waals surface area contributed by atoms with Crippen molar-refractivity contribution in [2.45, 2.75) is 17.8 Å². The van der Waals surface area contributed by atoms with Crippen LogP contribution in [0.3, 0.4) is 0 Å². The van der Waals surface area contributed by atoms with Crippen molar-refractivity contribution in [2.75, 3.05) is 4.90 Å². The summed E-state index contributed by atoms with van der Waals surface area (Å²) in [4.78, 5) is 2.43. The molecule has 10 aromatic rings. The summed E-state index contributed by atoms with van der Waals surface area (Å²) in [5, 5.41) is 2.20. The van der Waals surface area contributed by atoms with Crippen LogP contribution in [0.1, 0.15) is 45.9 Å². The Bertz CT molecular complexity index is 3150. The zero-order valence-electron chi connectivity index (χ0n) is 32.6. The van der Waals surface area contributed by atoms with Crippen LogP contribution in [0.15, 0.2) is 223 Å². The normalized spacial score (nSPS) is 14.1. The number of furan rings is 1. The first-order chi connectivity index (χ1) is 29.2. The molecule has 1 aromatic heterocycles. The largest absolute Gasteiger partial charge is 0.456 e. The van der Waals surface area contributed by atoms with Gasteiger partial charge in [0.15, 0.2) is 0 Å². The van der Waals surface area contributed by atoms with E-state index >= 15 is 0 Å². The second-order valence-electron chi connectivity index (χ2n) is 16.1. The van der Waals surface area contributed by atoms with Gasteiger partial charge < -0.3 is 9.32 Å². The van der Waals surface area contributed by atoms with E-state index in [0.29, 0.717) is 0 Å². The lowest BCUT2D eigenvalue weighted by molar-refractivity contribution is 0.638. The summed E-state index contributed by atoms with van der Waals surface area (Å²) >= 11 is 0. The number of hydrogen-bond acceptors (Lipinski definition) is 2. The second-order valence-corrected chi connectivity index (χ2v) is 16.1. The molecule has 0 radical (unpaired) electrons. The van der Waals surface area contributed by atoms with E-state index in [1.165, 1.54) is 61.2 Å². The molecule has 0 bridgehead atoms. The molecule has 1 heterocycles. The Morgan fingerprint density at radius 2 is 0.898 bits per heavy atom. The van der Waals surface area contributed by atoms with E-state index < -0.39 is 10.8 Å². The van der Waals surface area contributed by atoms with E-state index in [4.69, 9.17) is 4.42 Å². The molecule has 0 unspecified atom stereocenters. The third-order valence-corrected chi connectivity index (χ3v) is 13.2. The van der Waals surface area contributed by atoms with Crippen LogP contribution < -0.4 is 4.90 Å². The highest BCUT2D eigenvalue weighted by atomic mass is 16.3. The zero-order chi connectivity index (χ0) is 39.1. The Hall–Kier alpha value is -7.42. The van der Waals surface area contributed by atoms with Crippen LogP contribution >= 0.6 is 0 Å². The van der Waals surface area contributed by atoms with E-state index in [1.54, 1.807) is 0 Å². The summed E-state index contributed by atoms with van der Waals surface area (Å²) in [6, 6.07) is 79.8. The highest BCUT2D eigenvalue weighted by Crippen LogP contribution is 2.58. The number of para-hydroxylation sites is 2. The van der Waals surface area contributed by atoms with Gasteiger partial charge in [-0.3, -0.25) is 0 Å². The van der Waals surface area contributed by atoms with Gasteiger partial charge in [-0.25, -0.2) is 0 Å². The van der Waals surface area contributed by atoms with Gasteiger partial charge in [0.1, 0.15) is 11.2 Å². The molecule has 0 atom stereocenters. The first-order valence-electron chi connectivity index (χ1n) is 20.5. The van der Waals surface area contributed by atoms with Crippen LogP contribution in [-0.4, -0.2) is 0 Å². The molecule has 278 valence electrons. The van der Waals surface area contributed by atoms with E-state index in [0.717, 1.165) is 39.0 Å². The van der Waals surface area contributed by atoms with Gasteiger partial charge >= 0.3 is 0 Å². The summed E-state index contributed by atoms with van der Waals surface area (Å²) in [6.45, 7) is 2.37. The van der Waals surface area contributed by atoms with Gasteiger partial charge in [0.2, 0.25) is 0 Å². The van der Waals surface area contributed by atoms with Gasteiger partial charge in [-0.15, -0.1) is 0 Å². The van der Waals surface area contributed by atoms with Crippen molar-refractivity contribution >= 4 is 39.0 Å². The SMILES string of the molecule is CC1(c2cccc3c2oc2cccc(N(c4ccccc4)c4ccc5c(c4)C(c4ccccc4)(c4ccccc4)c4ccccc4-5)c23)c2ccccc2-c2ccccc21. The smallest absolute Gasteiger partial charge is 0.139 e. The summed E-state index contributed by atoms with van der Waals surface area (Å²) in [6.07, 6.45) is 0. The van der Waals surface area contributed by atoms with Gasteiger partial charge in [0.25, 0.3) is 0 Å². The van der Waals surface area contributed by atoms with Gasteiger partial charge in [-0.2, -0.15) is 0 Å². The Labute approximate surface area is 344 Å². The molecular formula is C57H39NO. The number of rotatable bonds is 6. The van der Waals surface area contributed by atoms with Crippen molar-refractivity contribution in [3.8, 4) is 22.3 Å². The van der Waals surface area contributed by atoms with Crippen LogP contribution in [0.25, 0.3) is 44.2 Å². The fourth-order valence-electron chi connectivity index (χ4n) is 10.7. The Balaban J connectivity index is 1.12. The molecule has 59 heavy (non-hydrogen) atoms. The molecule has 0 saturated carbocycles. The third kappa shape index (κ3) is 4.63. The van der Waals surface area contributed by atoms with E-state index in [9.17, 15) is 0 Å². The van der Waals surface area contributed by atoms with Crippen LogP contribution in [-0.2, 0) is 10.8 Å². The molecule has 0 fully saturated rings. The standard InChI is InChI=1S/C57H39NO/c1-56(47-29-14-11-25-42(47)43-26-12-15-30-48(43)56)50-32-17-28-46-54-52(33-18-34-53(54)59-55(46)50)58(40-23-9-4-10-24-40)41-35-36-45-44-27-13-16-31-49(44)57(51(45)37-41,38-19-5-2-6-20-38)39-21-7-3-8-22-39/h2-37H,1H3. The molecule has 0 aliphatic heterocycles. The highest BCUT2D eigenvalue weighted by Gasteiger charge is 2.47. The summed E-state index contributed by atoms with van der Waals surface area (Å²) in [5.74, 6) is 0. The first kappa shape index (κ1) is 33.7. The van der Waals surface area contributed by atoms with Gasteiger partial charge in [0, 0.05) is 27.7 Å². The fourth-order valence-corrected chi connectivity index (χ4v) is 10.7. The molecule has 2 aliphatic rings. The van der Waals surface area contributed by atoms with E-state index in [2.05, 4.69) is 230 Å². The quantitative estimate of drug-likeness (QED) is 0.168. The molecule has 0 amide bonds. The lowest BCUT2D eigenvalue weighted by Crippen LogP contribution is -2.28. The predicted molar refractivity (Wildman–Crippen MR) is 243 cm³/mol. The van der Waals surface area contributed by atoms with Crippen molar-refractivity contribution in [3.05, 3.63) is 257 Å². The number of anilines is 3. The van der Waals surface area contributed by atoms with Crippen molar-refractivity contribution in [1.82, 2.24) is 0 Å². The minimum atomic E-state index is -0.515. The molecule has 9 aromatic carbocycles. The molecular weight excluding hydrogens is 715 g/mol. The van der Waals surface area contributed by atoms with Gasteiger partial charge in [0.05, 0.1) is 16.5 Å². The lowest BCUT2D eigenvalue weighted by Gasteiger charge is -2.35. The molecule has 12 rings (SSSR count). The maximum atomic E-state index is 7.09. The molecule has 2 aliphatic carbocycles. The Kier molecular flexibility index (Phi) is 7.31. The summed E-state index contributed by atoms with van der Waals surface area (Å²) in [7, 11) is 0. The number of nitrogens with zero attached hydrogens (tertiary/aromatic N) is 1. The van der Waals surface area contributed by atoms with E-state index in [-0.39, 0.29) is 0 Å². The Morgan fingerprint density at radius 3 is 1.54 bits per heavy atom. The van der Waals surface area contributed by atoms with Gasteiger partial charge in [-0.05, 0) is 99.0 Å². The average Bonchev–Trinajstić information content (AvgIpc) is 3.93. The molecule has 2 nitrogen and oxygen atoms in total. The minimum Gasteiger partial charge on any atom is -0.456 e. The third-order valence-electron chi connectivity index (χ3n) is 13.2. The molecule has 0 spiro atoms. The number of benzene rings is 9. The van der Waals surface area contributed by atoms with Gasteiger partial charge in [-0.1, -0.05) is 182 Å². The summed E-state index contributed by atoms with van der Waals surface area (Å²) in [5.41, 5.74) is 18.1. The highest BCUT2D eigenvalue weighted by molar-refractivity contribution is 6.14. The summed E-state index contributed by atoms with van der Waals surface area (Å²) < 4.78 is 7.09. The molecule has 0 N–H and O–H groups in total. The zero-order valence-corrected chi connectivity index (χ0v) is 32.6. The number of hydrogen-bond donors (Lipinski definition) is 0. The van der Waals surface area contributed by atoms with Crippen molar-refractivity contribution in [1.29, 1.82) is 0 Å². The van der Waals surface area contributed by atoms with Crippen molar-refractivity contribution in [3.63, 3.8) is 0 Å². The Morgan fingerprint density at radius 1 is 0.390 bits per heavy atom. The number of fused-ring (bicyclic) bond motifs is 9. The molecule has 2 heteroatoms. The van der Waals surface area contributed by atoms with Crippen LogP contribution in [0, 0.1) is 0 Å². The molecule has 0 saturated heterocycles. The fraction of sp³-hybridized carbons (Fsp3) is 0.0526. The lowest BCUT2D eigenvalue weighted by atomic mass is 9.67. The maximum absolute atomic E-state index is 7.09. The van der Waals surface area contributed by atoms with Crippen LogP contribution in [0.2, 0.25) is 0 Å². The van der Waals surface area contributed by atoms with Crippen molar-refractivity contribution in [2.24, 2.45) is 0 Å². The monoisotopic (exact) mass is 753 g/mol. The van der Waals surface area contributed by atoms with Crippen LogP contribution in [0.5, 0.6) is 0 Å². The van der Waals surface area contributed by atoms with Crippen LogP contribution in [0.4, 0.5) is 17.1 Å². The topological polar surface area (TPSA) is 16.4 Å². The predicted octanol–water partition coefficient (Wildman–Crippen LogP) is 14.8. The first-order valence-corrected chi connectivity index (χ1v) is 20.5. The average molecular weight is 754 g/mol. The minimum absolute atomic E-state index is 0.396.